The molecule has 0 amide bonds. The van der Waals surface area contributed by atoms with Crippen LogP contribution in [0.15, 0.2) is 55.0 Å². The van der Waals surface area contributed by atoms with Crippen LogP contribution in [0.4, 0.5) is 0 Å². The minimum absolute atomic E-state index is 0.145. The number of likely N-dealkylation sites (tertiary alicyclic amines) is 1. The summed E-state index contributed by atoms with van der Waals surface area (Å²) >= 11 is 0. The van der Waals surface area contributed by atoms with Crippen molar-refractivity contribution in [3.63, 3.8) is 0 Å². The Balaban J connectivity index is 1.49. The second-order valence-corrected chi connectivity index (χ2v) is 6.41. The molecular formula is C19H21N5O. The van der Waals surface area contributed by atoms with Crippen LogP contribution in [0, 0.1) is 0 Å². The number of H-pyrrole nitrogens is 1. The van der Waals surface area contributed by atoms with Crippen LogP contribution in [0.5, 0.6) is 0 Å². The summed E-state index contributed by atoms with van der Waals surface area (Å²) in [5, 5.41) is 10.9. The van der Waals surface area contributed by atoms with Crippen LogP contribution in [0.1, 0.15) is 17.2 Å². The molecule has 2 atom stereocenters. The lowest BCUT2D eigenvalue weighted by Crippen LogP contribution is -2.22. The molecule has 4 rings (SSSR count). The Hall–Kier alpha value is -2.57. The van der Waals surface area contributed by atoms with Gasteiger partial charge in [-0.05, 0) is 28.8 Å². The number of aromatic amines is 1. The average Bonchev–Trinajstić information content (AvgIpc) is 3.32. The molecule has 0 spiro atoms. The van der Waals surface area contributed by atoms with Crippen molar-refractivity contribution in [1.29, 1.82) is 0 Å². The molecule has 6 nitrogen and oxygen atoms in total. The fraction of sp³-hybridized carbons (Fsp3) is 0.316. The predicted molar refractivity (Wildman–Crippen MR) is 94.9 cm³/mol. The lowest BCUT2D eigenvalue weighted by molar-refractivity contribution is 0.0957. The molecule has 1 aliphatic heterocycles. The number of nitrogens with zero attached hydrogens (tertiary/aromatic N) is 4. The first-order valence-corrected chi connectivity index (χ1v) is 8.43. The standard InChI is InChI=1S/C19H21N5O/c1-25-19-13-24(12-17(19)18-10-21-23-22-18)11-14-4-2-5-15(8-14)16-6-3-7-20-9-16/h2-10,17,19H,11-13H2,1H3,(H,21,22,23)/t17-,19+/m0/s1. The molecule has 0 aliphatic carbocycles. The van der Waals surface area contributed by atoms with Crippen molar-refractivity contribution in [3.05, 3.63) is 66.2 Å². The van der Waals surface area contributed by atoms with Gasteiger partial charge < -0.3 is 4.74 Å². The van der Waals surface area contributed by atoms with E-state index in [0.29, 0.717) is 0 Å². The van der Waals surface area contributed by atoms with Crippen LogP contribution in [-0.4, -0.2) is 51.6 Å². The highest BCUT2D eigenvalue weighted by Crippen LogP contribution is 2.29. The third-order valence-corrected chi connectivity index (χ3v) is 4.79. The summed E-state index contributed by atoms with van der Waals surface area (Å²) in [6, 6.07) is 12.7. The molecule has 1 aliphatic rings. The van der Waals surface area contributed by atoms with E-state index in [9.17, 15) is 0 Å². The fourth-order valence-electron chi connectivity index (χ4n) is 3.53. The number of nitrogens with one attached hydrogen (secondary N) is 1. The number of methoxy groups -OCH3 is 1. The van der Waals surface area contributed by atoms with Crippen LogP contribution in [0.25, 0.3) is 11.1 Å². The predicted octanol–water partition coefficient (Wildman–Crippen LogP) is 2.48. The first kappa shape index (κ1) is 15.9. The molecule has 6 heteroatoms. The second-order valence-electron chi connectivity index (χ2n) is 6.41. The Kier molecular flexibility index (Phi) is 4.54. The molecule has 0 unspecified atom stereocenters. The zero-order valence-electron chi connectivity index (χ0n) is 14.2. The zero-order chi connectivity index (χ0) is 17.1. The monoisotopic (exact) mass is 335 g/mol. The van der Waals surface area contributed by atoms with Gasteiger partial charge >= 0.3 is 0 Å². The van der Waals surface area contributed by atoms with E-state index in [2.05, 4.69) is 55.6 Å². The number of aromatic nitrogens is 4. The van der Waals surface area contributed by atoms with E-state index in [-0.39, 0.29) is 12.0 Å². The van der Waals surface area contributed by atoms with Crippen molar-refractivity contribution in [2.75, 3.05) is 20.2 Å². The number of hydrogen-bond acceptors (Lipinski definition) is 5. The molecule has 25 heavy (non-hydrogen) atoms. The molecule has 3 heterocycles. The molecule has 1 saturated heterocycles. The minimum atomic E-state index is 0.145. The Morgan fingerprint density at radius 3 is 2.84 bits per heavy atom. The van der Waals surface area contributed by atoms with Crippen LogP contribution in [0.3, 0.4) is 0 Å². The van der Waals surface area contributed by atoms with Crippen LogP contribution >= 0.6 is 0 Å². The van der Waals surface area contributed by atoms with Gasteiger partial charge in [-0.25, -0.2) is 0 Å². The summed E-state index contributed by atoms with van der Waals surface area (Å²) in [4.78, 5) is 6.62. The lowest BCUT2D eigenvalue weighted by atomic mass is 10.0. The quantitative estimate of drug-likeness (QED) is 0.776. The van der Waals surface area contributed by atoms with Crippen LogP contribution in [0.2, 0.25) is 0 Å². The van der Waals surface area contributed by atoms with Gasteiger partial charge in [0.15, 0.2) is 0 Å². The smallest absolute Gasteiger partial charge is 0.0894 e. The van der Waals surface area contributed by atoms with E-state index < -0.39 is 0 Å². The normalized spacial score (nSPS) is 20.8. The van der Waals surface area contributed by atoms with E-state index in [1.807, 2.05) is 12.3 Å². The highest BCUT2D eigenvalue weighted by molar-refractivity contribution is 5.62. The summed E-state index contributed by atoms with van der Waals surface area (Å²) in [5.41, 5.74) is 4.60. The van der Waals surface area contributed by atoms with Crippen LogP contribution in [-0.2, 0) is 11.3 Å². The molecule has 0 bridgehead atoms. The number of ether oxygens (including phenoxy) is 1. The van der Waals surface area contributed by atoms with E-state index in [0.717, 1.165) is 30.9 Å². The van der Waals surface area contributed by atoms with Gasteiger partial charge in [-0.15, -0.1) is 0 Å². The molecule has 1 aromatic carbocycles. The SMILES string of the molecule is CO[C@@H]1CN(Cc2cccc(-c3cccnc3)c2)C[C@H]1c1cn[nH]n1. The third-order valence-electron chi connectivity index (χ3n) is 4.79. The maximum absolute atomic E-state index is 5.68. The number of hydrogen-bond donors (Lipinski definition) is 1. The molecule has 1 fully saturated rings. The molecule has 128 valence electrons. The first-order chi connectivity index (χ1) is 12.3. The van der Waals surface area contributed by atoms with Gasteiger partial charge in [-0.3, -0.25) is 9.88 Å². The van der Waals surface area contributed by atoms with Gasteiger partial charge in [0.05, 0.1) is 18.0 Å². The Morgan fingerprint density at radius 2 is 2.08 bits per heavy atom. The van der Waals surface area contributed by atoms with Crippen molar-refractivity contribution >= 4 is 0 Å². The highest BCUT2D eigenvalue weighted by Gasteiger charge is 2.35. The minimum Gasteiger partial charge on any atom is -0.379 e. The van der Waals surface area contributed by atoms with Crippen molar-refractivity contribution in [1.82, 2.24) is 25.3 Å². The van der Waals surface area contributed by atoms with E-state index in [1.165, 1.54) is 11.1 Å². The van der Waals surface area contributed by atoms with E-state index in [4.69, 9.17) is 4.74 Å². The summed E-state index contributed by atoms with van der Waals surface area (Å²) in [5.74, 6) is 0.255. The molecular weight excluding hydrogens is 314 g/mol. The largest absolute Gasteiger partial charge is 0.379 e. The lowest BCUT2D eigenvalue weighted by Gasteiger charge is -2.16. The van der Waals surface area contributed by atoms with Crippen LogP contribution < -0.4 is 0 Å². The van der Waals surface area contributed by atoms with Gasteiger partial charge in [0.2, 0.25) is 0 Å². The summed E-state index contributed by atoms with van der Waals surface area (Å²) in [6.45, 7) is 2.70. The first-order valence-electron chi connectivity index (χ1n) is 8.43. The van der Waals surface area contributed by atoms with Crippen molar-refractivity contribution in [2.45, 2.75) is 18.6 Å². The molecule has 2 aromatic heterocycles. The molecule has 0 radical (unpaired) electrons. The summed E-state index contributed by atoms with van der Waals surface area (Å²) in [7, 11) is 1.77. The number of benzene rings is 1. The summed E-state index contributed by atoms with van der Waals surface area (Å²) in [6.07, 6.45) is 5.64. The zero-order valence-corrected chi connectivity index (χ0v) is 14.2. The highest BCUT2D eigenvalue weighted by atomic mass is 16.5. The third kappa shape index (κ3) is 3.45. The molecule has 0 saturated carbocycles. The number of rotatable bonds is 5. The van der Waals surface area contributed by atoms with Gasteiger partial charge in [0.1, 0.15) is 0 Å². The molecule has 1 N–H and O–H groups in total. The van der Waals surface area contributed by atoms with Gasteiger partial charge in [-0.1, -0.05) is 24.3 Å². The van der Waals surface area contributed by atoms with Crippen molar-refractivity contribution in [2.24, 2.45) is 0 Å². The van der Waals surface area contributed by atoms with Crippen molar-refractivity contribution in [3.8, 4) is 11.1 Å². The second kappa shape index (κ2) is 7.13. The maximum Gasteiger partial charge on any atom is 0.0894 e. The van der Waals surface area contributed by atoms with E-state index >= 15 is 0 Å². The Morgan fingerprint density at radius 1 is 1.16 bits per heavy atom. The average molecular weight is 335 g/mol. The Labute approximate surface area is 146 Å². The number of pyridine rings is 1. The van der Waals surface area contributed by atoms with Gasteiger partial charge in [0, 0.05) is 45.1 Å². The Bertz CT molecular complexity index is 806. The summed E-state index contributed by atoms with van der Waals surface area (Å²) < 4.78 is 5.68. The van der Waals surface area contributed by atoms with Gasteiger partial charge in [0.25, 0.3) is 0 Å². The molecule has 3 aromatic rings. The topological polar surface area (TPSA) is 66.9 Å². The van der Waals surface area contributed by atoms with Gasteiger partial charge in [-0.2, -0.15) is 15.4 Å². The maximum atomic E-state index is 5.68. The van der Waals surface area contributed by atoms with E-state index in [1.54, 1.807) is 19.5 Å². The fourth-order valence-corrected chi connectivity index (χ4v) is 3.53. The van der Waals surface area contributed by atoms with Crippen molar-refractivity contribution < 1.29 is 4.74 Å².